The zero-order valence-electron chi connectivity index (χ0n) is 14.3. The molecule has 0 saturated carbocycles. The monoisotopic (exact) mass is 349 g/mol. The average molecular weight is 349 g/mol. The Bertz CT molecular complexity index is 735. The predicted molar refractivity (Wildman–Crippen MR) is 88.7 cm³/mol. The van der Waals surface area contributed by atoms with Crippen molar-refractivity contribution in [3.8, 4) is 5.75 Å². The van der Waals surface area contributed by atoms with Gasteiger partial charge in [-0.3, -0.25) is 9.48 Å². The molecule has 5 nitrogen and oxygen atoms in total. The lowest BCUT2D eigenvalue weighted by atomic mass is 9.91. The number of aromatic nitrogens is 2. The molecule has 0 bridgehead atoms. The smallest absolute Gasteiger partial charge is 0.349 e. The Kier molecular flexibility index (Phi) is 4.74. The summed E-state index contributed by atoms with van der Waals surface area (Å²) in [6.45, 7) is 0.647. The number of carbonyl (C=O) groups is 1. The van der Waals surface area contributed by atoms with Gasteiger partial charge in [-0.05, 0) is 48.6 Å². The highest BCUT2D eigenvalue weighted by Crippen LogP contribution is 2.34. The normalized spacial score (nSPS) is 16.1. The number of piperidine rings is 1. The van der Waals surface area contributed by atoms with Crippen LogP contribution in [0.25, 0.3) is 0 Å². The van der Waals surface area contributed by atoms with Gasteiger partial charge in [-0.1, -0.05) is 0 Å². The van der Waals surface area contributed by atoms with E-state index in [4.69, 9.17) is 4.74 Å². The molecule has 0 N–H and O–H groups in total. The number of ether oxygens (including phenoxy) is 1. The van der Waals surface area contributed by atoms with Crippen molar-refractivity contribution >= 4 is 5.91 Å². The van der Waals surface area contributed by atoms with E-state index >= 15 is 0 Å². The predicted octanol–water partition coefficient (Wildman–Crippen LogP) is 2.93. The molecule has 0 aliphatic carbocycles. The molecule has 1 saturated heterocycles. The van der Waals surface area contributed by atoms with Gasteiger partial charge < -0.3 is 9.64 Å². The van der Waals surface area contributed by atoms with Gasteiger partial charge in [0.15, 0.2) is 0 Å². The Morgan fingerprint density at radius 3 is 2.40 bits per heavy atom. The van der Waals surface area contributed by atoms with Crippen LogP contribution in [0.4, 0.5) is 8.78 Å². The average Bonchev–Trinajstić information content (AvgIpc) is 3.07. The summed E-state index contributed by atoms with van der Waals surface area (Å²) in [4.78, 5) is 13.6. The first-order chi connectivity index (χ1) is 11.9. The van der Waals surface area contributed by atoms with Crippen LogP contribution in [0.5, 0.6) is 5.75 Å². The van der Waals surface area contributed by atoms with Crippen LogP contribution in [0.3, 0.4) is 0 Å². The zero-order valence-corrected chi connectivity index (χ0v) is 14.3. The Hall–Kier alpha value is -2.44. The summed E-state index contributed by atoms with van der Waals surface area (Å²) >= 11 is 0. The number of nitrogens with zero attached hydrogens (tertiary/aromatic N) is 3. The number of amides is 1. The summed E-state index contributed by atoms with van der Waals surface area (Å²) < 4.78 is 35.8. The van der Waals surface area contributed by atoms with Crippen LogP contribution in [0, 0.1) is 0 Å². The van der Waals surface area contributed by atoms with Crippen molar-refractivity contribution < 1.29 is 18.3 Å². The van der Waals surface area contributed by atoms with Crippen molar-refractivity contribution in [1.82, 2.24) is 14.7 Å². The van der Waals surface area contributed by atoms with Crippen LogP contribution >= 0.6 is 0 Å². The molecule has 2 heterocycles. The minimum Gasteiger partial charge on any atom is -0.497 e. The molecular formula is C18H21F2N3O2. The molecule has 0 radical (unpaired) electrons. The van der Waals surface area contributed by atoms with E-state index in [1.165, 1.54) is 36.3 Å². The maximum atomic E-state index is 14.5. The molecule has 134 valence electrons. The number of methoxy groups -OCH3 is 1. The molecule has 7 heteroatoms. The van der Waals surface area contributed by atoms with Crippen LogP contribution in [0.2, 0.25) is 0 Å². The van der Waals surface area contributed by atoms with E-state index in [2.05, 4.69) is 5.10 Å². The van der Waals surface area contributed by atoms with Gasteiger partial charge in [0.25, 0.3) is 5.91 Å². The first kappa shape index (κ1) is 17.4. The largest absolute Gasteiger partial charge is 0.497 e. The lowest BCUT2D eigenvalue weighted by molar-refractivity contribution is -0.160. The van der Waals surface area contributed by atoms with Gasteiger partial charge in [-0.15, -0.1) is 0 Å². The van der Waals surface area contributed by atoms with Crippen LogP contribution in [0.15, 0.2) is 36.7 Å². The second-order valence-electron chi connectivity index (χ2n) is 6.32. The highest BCUT2D eigenvalue weighted by Gasteiger charge is 2.44. The lowest BCUT2D eigenvalue weighted by Gasteiger charge is -2.33. The molecule has 1 aliphatic heterocycles. The number of alkyl halides is 2. The maximum Gasteiger partial charge on any atom is 0.349 e. The molecular weight excluding hydrogens is 328 g/mol. The van der Waals surface area contributed by atoms with E-state index in [0.717, 1.165) is 5.56 Å². The molecule has 1 aliphatic rings. The Labute approximate surface area is 145 Å². The third-order valence-electron chi connectivity index (χ3n) is 4.70. The standard InChI is InChI=1S/C18H21F2N3O2/c1-22-12-14(11-21-22)13-7-9-23(10-8-13)17(24)18(19,20)15-3-5-16(25-2)6-4-15/h3-6,11-13H,7-10H2,1-2H3. The fourth-order valence-electron chi connectivity index (χ4n) is 3.19. The van der Waals surface area contributed by atoms with Crippen molar-refractivity contribution in [3.05, 3.63) is 47.8 Å². The van der Waals surface area contributed by atoms with Crippen molar-refractivity contribution in [2.45, 2.75) is 24.7 Å². The summed E-state index contributed by atoms with van der Waals surface area (Å²) in [7, 11) is 3.31. The van der Waals surface area contributed by atoms with E-state index in [9.17, 15) is 13.6 Å². The molecule has 1 aromatic heterocycles. The van der Waals surface area contributed by atoms with Crippen molar-refractivity contribution in [2.24, 2.45) is 7.05 Å². The lowest BCUT2D eigenvalue weighted by Crippen LogP contribution is -2.45. The number of likely N-dealkylation sites (tertiary alicyclic amines) is 1. The molecule has 3 rings (SSSR count). The zero-order chi connectivity index (χ0) is 18.0. The Morgan fingerprint density at radius 1 is 1.24 bits per heavy atom. The highest BCUT2D eigenvalue weighted by molar-refractivity contribution is 5.85. The third-order valence-corrected chi connectivity index (χ3v) is 4.70. The second-order valence-corrected chi connectivity index (χ2v) is 6.32. The molecule has 1 fully saturated rings. The number of hydrogen-bond donors (Lipinski definition) is 0. The summed E-state index contributed by atoms with van der Waals surface area (Å²) in [5.74, 6) is -3.94. The fourth-order valence-corrected chi connectivity index (χ4v) is 3.19. The first-order valence-corrected chi connectivity index (χ1v) is 8.22. The van der Waals surface area contributed by atoms with E-state index in [1.807, 2.05) is 13.2 Å². The number of carbonyl (C=O) groups excluding carboxylic acids is 1. The topological polar surface area (TPSA) is 47.4 Å². The van der Waals surface area contributed by atoms with Gasteiger partial charge >= 0.3 is 5.92 Å². The van der Waals surface area contributed by atoms with Crippen molar-refractivity contribution in [2.75, 3.05) is 20.2 Å². The van der Waals surface area contributed by atoms with Gasteiger partial charge in [0.1, 0.15) is 5.75 Å². The minimum atomic E-state index is -3.53. The number of benzene rings is 1. The molecule has 0 spiro atoms. The van der Waals surface area contributed by atoms with Gasteiger partial charge in [0.05, 0.1) is 13.3 Å². The summed E-state index contributed by atoms with van der Waals surface area (Å²) in [5, 5.41) is 4.14. The van der Waals surface area contributed by atoms with Crippen LogP contribution in [-0.2, 0) is 17.8 Å². The van der Waals surface area contributed by atoms with E-state index in [0.29, 0.717) is 31.7 Å². The molecule has 1 amide bonds. The molecule has 0 atom stereocenters. The number of rotatable bonds is 4. The highest BCUT2D eigenvalue weighted by atomic mass is 19.3. The SMILES string of the molecule is COc1ccc(C(F)(F)C(=O)N2CCC(c3cnn(C)c3)CC2)cc1. The van der Waals surface area contributed by atoms with Gasteiger partial charge in [0.2, 0.25) is 0 Å². The minimum absolute atomic E-state index is 0.257. The number of halogens is 2. The van der Waals surface area contributed by atoms with Crippen LogP contribution < -0.4 is 4.74 Å². The molecule has 1 aromatic carbocycles. The van der Waals surface area contributed by atoms with Gasteiger partial charge in [-0.2, -0.15) is 13.9 Å². The summed E-state index contributed by atoms with van der Waals surface area (Å²) in [5.41, 5.74) is 0.782. The second kappa shape index (κ2) is 6.82. The van der Waals surface area contributed by atoms with Crippen LogP contribution in [-0.4, -0.2) is 40.8 Å². The molecule has 2 aromatic rings. The van der Waals surface area contributed by atoms with E-state index < -0.39 is 11.8 Å². The van der Waals surface area contributed by atoms with Crippen molar-refractivity contribution in [1.29, 1.82) is 0 Å². The van der Waals surface area contributed by atoms with Crippen molar-refractivity contribution in [3.63, 3.8) is 0 Å². The van der Waals surface area contributed by atoms with E-state index in [-0.39, 0.29) is 11.5 Å². The van der Waals surface area contributed by atoms with Gasteiger partial charge in [-0.25, -0.2) is 0 Å². The Balaban J connectivity index is 1.66. The summed E-state index contributed by atoms with van der Waals surface area (Å²) in [6, 6.07) is 5.34. The number of aryl methyl sites for hydroxylation is 1. The third kappa shape index (κ3) is 3.50. The number of hydrogen-bond acceptors (Lipinski definition) is 3. The molecule has 0 unspecified atom stereocenters. The summed E-state index contributed by atoms with van der Waals surface area (Å²) in [6.07, 6.45) is 5.06. The molecule has 25 heavy (non-hydrogen) atoms. The van der Waals surface area contributed by atoms with E-state index in [1.54, 1.807) is 10.9 Å². The first-order valence-electron chi connectivity index (χ1n) is 8.22. The maximum absolute atomic E-state index is 14.5. The fraction of sp³-hybridized carbons (Fsp3) is 0.444. The Morgan fingerprint density at radius 2 is 1.88 bits per heavy atom. The van der Waals surface area contributed by atoms with Gasteiger partial charge in [0, 0.05) is 31.9 Å². The quantitative estimate of drug-likeness (QED) is 0.853. The van der Waals surface area contributed by atoms with Crippen LogP contribution in [0.1, 0.15) is 29.9 Å².